The van der Waals surface area contributed by atoms with Crippen LogP contribution in [0.3, 0.4) is 0 Å². The van der Waals surface area contributed by atoms with Gasteiger partial charge in [-0.2, -0.15) is 8.42 Å². The molecule has 1 N–H and O–H groups in total. The summed E-state index contributed by atoms with van der Waals surface area (Å²) in [7, 11) is -3.97. The number of pyridine rings is 1. The Morgan fingerprint density at radius 1 is 1.23 bits per heavy atom. The Labute approximate surface area is 182 Å². The van der Waals surface area contributed by atoms with Crippen molar-refractivity contribution in [2.45, 2.75) is 64.2 Å². The van der Waals surface area contributed by atoms with E-state index in [1.54, 1.807) is 39.0 Å². The second-order valence-electron chi connectivity index (χ2n) is 7.83. The average Bonchev–Trinajstić information content (AvgIpc) is 2.64. The summed E-state index contributed by atoms with van der Waals surface area (Å²) in [5, 5.41) is 3.09. The Balaban J connectivity index is 2.23. The lowest BCUT2D eigenvalue weighted by Crippen LogP contribution is -2.35. The van der Waals surface area contributed by atoms with Crippen molar-refractivity contribution in [2.75, 3.05) is 0 Å². The maximum Gasteiger partial charge on any atom is 0.408 e. The number of hydrogen-bond donors (Lipinski definition) is 1. The Morgan fingerprint density at radius 2 is 1.87 bits per heavy atom. The smallest absolute Gasteiger partial charge is 0.408 e. The highest BCUT2D eigenvalue weighted by molar-refractivity contribution is 7.86. The van der Waals surface area contributed by atoms with E-state index in [1.165, 1.54) is 18.3 Å². The molecule has 0 aliphatic heterocycles. The van der Waals surface area contributed by atoms with E-state index in [4.69, 9.17) is 20.5 Å². The van der Waals surface area contributed by atoms with Gasteiger partial charge in [0.2, 0.25) is 0 Å². The highest BCUT2D eigenvalue weighted by atomic mass is 35.5. The first-order chi connectivity index (χ1) is 13.9. The van der Waals surface area contributed by atoms with Gasteiger partial charge >= 0.3 is 6.09 Å². The normalized spacial score (nSPS) is 13.0. The zero-order valence-electron chi connectivity index (χ0n) is 17.7. The van der Waals surface area contributed by atoms with Crippen molar-refractivity contribution >= 4 is 27.8 Å². The number of halogens is 1. The molecule has 30 heavy (non-hydrogen) atoms. The Kier molecular flexibility index (Phi) is 7.85. The van der Waals surface area contributed by atoms with Gasteiger partial charge in [-0.05, 0) is 52.3 Å². The van der Waals surface area contributed by atoms with Crippen LogP contribution < -0.4 is 5.32 Å². The van der Waals surface area contributed by atoms with E-state index in [-0.39, 0.29) is 11.5 Å². The number of nitrogens with zero attached hydrogens (tertiary/aromatic N) is 1. The van der Waals surface area contributed by atoms with Crippen molar-refractivity contribution in [3.63, 3.8) is 0 Å². The molecule has 0 aliphatic carbocycles. The monoisotopic (exact) mass is 454 g/mol. The third-order valence-electron chi connectivity index (χ3n) is 4.08. The predicted molar refractivity (Wildman–Crippen MR) is 115 cm³/mol. The summed E-state index contributed by atoms with van der Waals surface area (Å²) in [6.45, 7) is 8.76. The molecule has 164 valence electrons. The number of aryl methyl sites for hydroxylation is 1. The number of amides is 1. The molecule has 1 atom stereocenters. The Hall–Kier alpha value is -2.16. The third kappa shape index (κ3) is 6.97. The van der Waals surface area contributed by atoms with Crippen LogP contribution in [0.25, 0.3) is 0 Å². The summed E-state index contributed by atoms with van der Waals surface area (Å²) in [5.74, 6) is 0. The lowest BCUT2D eigenvalue weighted by Gasteiger charge is -2.24. The van der Waals surface area contributed by atoms with Gasteiger partial charge in [0, 0.05) is 11.8 Å². The number of nitrogens with one attached hydrogen (secondary N) is 1. The first kappa shape index (κ1) is 24.1. The zero-order valence-corrected chi connectivity index (χ0v) is 19.3. The highest BCUT2D eigenvalue weighted by Gasteiger charge is 2.24. The zero-order chi connectivity index (χ0) is 22.5. The highest BCUT2D eigenvalue weighted by Crippen LogP contribution is 2.25. The lowest BCUT2D eigenvalue weighted by molar-refractivity contribution is 0.0500. The summed E-state index contributed by atoms with van der Waals surface area (Å²) in [6.07, 6.45) is 1.35. The summed E-state index contributed by atoms with van der Waals surface area (Å²) < 4.78 is 35.6. The number of ether oxygens (including phenoxy) is 1. The fraction of sp³-hybridized carbons (Fsp3) is 0.429. The van der Waals surface area contributed by atoms with Gasteiger partial charge in [-0.1, -0.05) is 36.2 Å². The van der Waals surface area contributed by atoms with Crippen LogP contribution in [0.4, 0.5) is 4.79 Å². The van der Waals surface area contributed by atoms with Crippen molar-refractivity contribution < 1.29 is 22.1 Å². The number of hydrogen-bond acceptors (Lipinski definition) is 6. The van der Waals surface area contributed by atoms with Crippen molar-refractivity contribution in [3.05, 3.63) is 58.4 Å². The van der Waals surface area contributed by atoms with E-state index in [0.717, 1.165) is 5.56 Å². The van der Waals surface area contributed by atoms with Crippen LogP contribution in [0.2, 0.25) is 5.02 Å². The fourth-order valence-corrected chi connectivity index (χ4v) is 3.72. The quantitative estimate of drug-likeness (QED) is 0.596. The minimum absolute atomic E-state index is 0.0589. The molecule has 0 saturated carbocycles. The second-order valence-corrected chi connectivity index (χ2v) is 9.89. The van der Waals surface area contributed by atoms with Crippen LogP contribution in [0.5, 0.6) is 0 Å². The number of benzene rings is 1. The van der Waals surface area contributed by atoms with E-state index in [0.29, 0.717) is 22.7 Å². The van der Waals surface area contributed by atoms with E-state index < -0.39 is 27.9 Å². The summed E-state index contributed by atoms with van der Waals surface area (Å²) in [4.78, 5) is 16.6. The molecule has 1 aromatic carbocycles. The molecule has 7 nitrogen and oxygen atoms in total. The Bertz CT molecular complexity index is 985. The molecule has 2 rings (SSSR count). The van der Waals surface area contributed by atoms with Gasteiger partial charge in [0.1, 0.15) is 5.60 Å². The topological polar surface area (TPSA) is 94.6 Å². The summed E-state index contributed by atoms with van der Waals surface area (Å²) in [5.41, 5.74) is 1.21. The molecule has 2 aromatic rings. The second kappa shape index (κ2) is 9.76. The molecule has 1 aromatic heterocycles. The van der Waals surface area contributed by atoms with Crippen LogP contribution in [-0.4, -0.2) is 25.1 Å². The number of alkyl carbamates (subject to hydrolysis) is 1. The maximum absolute atomic E-state index is 12.5. The van der Waals surface area contributed by atoms with Crippen LogP contribution in [-0.2, 0) is 25.6 Å². The molecule has 0 bridgehead atoms. The van der Waals surface area contributed by atoms with Gasteiger partial charge < -0.3 is 10.1 Å². The van der Waals surface area contributed by atoms with Crippen molar-refractivity contribution in [1.29, 1.82) is 0 Å². The molecule has 9 heteroatoms. The largest absolute Gasteiger partial charge is 0.444 e. The molecule has 0 aliphatic rings. The SMILES string of the molecule is CCC(NC(=O)OC(C)(C)C)c1ncc(Cl)cc1COS(=O)(=O)c1ccc(C)cc1. The van der Waals surface area contributed by atoms with Crippen molar-refractivity contribution in [2.24, 2.45) is 0 Å². The number of carbonyl (C=O) groups excluding carboxylic acids is 1. The molecule has 0 spiro atoms. The first-order valence-corrected chi connectivity index (χ1v) is 11.3. The van der Waals surface area contributed by atoms with Crippen molar-refractivity contribution in [1.82, 2.24) is 10.3 Å². The van der Waals surface area contributed by atoms with Crippen LogP contribution >= 0.6 is 11.6 Å². The summed E-state index contributed by atoms with van der Waals surface area (Å²) >= 11 is 6.06. The molecule has 0 fully saturated rings. The molecular weight excluding hydrogens is 428 g/mol. The van der Waals surface area contributed by atoms with Crippen molar-refractivity contribution in [3.8, 4) is 0 Å². The minimum Gasteiger partial charge on any atom is -0.444 e. The molecule has 1 unspecified atom stereocenters. The standard InChI is InChI=1S/C21H27ClN2O5S/c1-6-18(24-20(25)29-21(3,4)5)19-15(11-16(22)12-23-19)13-28-30(26,27)17-9-7-14(2)8-10-17/h7-12,18H,6,13H2,1-5H3,(H,24,25). The Morgan fingerprint density at radius 3 is 2.43 bits per heavy atom. The van der Waals surface area contributed by atoms with E-state index in [9.17, 15) is 13.2 Å². The number of carbonyl (C=O) groups is 1. The van der Waals surface area contributed by atoms with Crippen LogP contribution in [0.1, 0.15) is 57.0 Å². The maximum atomic E-state index is 12.5. The van der Waals surface area contributed by atoms with Gasteiger partial charge in [0.25, 0.3) is 10.1 Å². The minimum atomic E-state index is -3.97. The van der Waals surface area contributed by atoms with E-state index in [1.807, 2.05) is 13.8 Å². The van der Waals surface area contributed by atoms with Gasteiger partial charge in [0.15, 0.2) is 0 Å². The fourth-order valence-electron chi connectivity index (χ4n) is 2.65. The lowest BCUT2D eigenvalue weighted by atomic mass is 10.1. The molecule has 0 radical (unpaired) electrons. The summed E-state index contributed by atoms with van der Waals surface area (Å²) in [6, 6.07) is 7.44. The van der Waals surface area contributed by atoms with Gasteiger partial charge in [-0.3, -0.25) is 9.17 Å². The van der Waals surface area contributed by atoms with E-state index >= 15 is 0 Å². The number of rotatable bonds is 7. The molecule has 1 amide bonds. The molecule has 0 saturated heterocycles. The average molecular weight is 455 g/mol. The first-order valence-electron chi connectivity index (χ1n) is 9.51. The van der Waals surface area contributed by atoms with Crippen LogP contribution in [0, 0.1) is 6.92 Å². The molecular formula is C21H27ClN2O5S. The van der Waals surface area contributed by atoms with Gasteiger partial charge in [0.05, 0.1) is 28.3 Å². The third-order valence-corrected chi connectivity index (χ3v) is 5.56. The van der Waals surface area contributed by atoms with Gasteiger partial charge in [-0.25, -0.2) is 4.79 Å². The van der Waals surface area contributed by atoms with Crippen LogP contribution in [0.15, 0.2) is 41.4 Å². The van der Waals surface area contributed by atoms with E-state index in [2.05, 4.69) is 10.3 Å². The van der Waals surface area contributed by atoms with Gasteiger partial charge in [-0.15, -0.1) is 0 Å². The number of aromatic nitrogens is 1. The molecule has 1 heterocycles. The predicted octanol–water partition coefficient (Wildman–Crippen LogP) is 4.92.